The van der Waals surface area contributed by atoms with Gasteiger partial charge in [0, 0.05) is 10.7 Å². The number of nitrogens with one attached hydrogen (secondary N) is 2. The molecule has 0 spiro atoms. The van der Waals surface area contributed by atoms with Crippen molar-refractivity contribution >= 4 is 29.2 Å². The summed E-state index contributed by atoms with van der Waals surface area (Å²) in [5.74, 6) is -1.57. The summed E-state index contributed by atoms with van der Waals surface area (Å²) < 4.78 is 5.19. The Hall–Kier alpha value is -1.63. The van der Waals surface area contributed by atoms with Crippen molar-refractivity contribution in [1.82, 2.24) is 0 Å². The van der Waals surface area contributed by atoms with Crippen LogP contribution in [0, 0.1) is 0 Å². The van der Waals surface area contributed by atoms with E-state index in [2.05, 4.69) is 5.32 Å². The first-order chi connectivity index (χ1) is 10.1. The Morgan fingerprint density at radius 2 is 1.90 bits per heavy atom. The molecule has 1 atom stereocenters. The third-order valence-electron chi connectivity index (χ3n) is 3.43. The van der Waals surface area contributed by atoms with Crippen LogP contribution < -0.4 is 15.3 Å². The Morgan fingerprint density at radius 1 is 1.29 bits per heavy atom. The zero-order valence-corrected chi connectivity index (χ0v) is 12.2. The Labute approximate surface area is 127 Å². The van der Waals surface area contributed by atoms with Crippen LogP contribution in [-0.2, 0) is 14.3 Å². The molecule has 0 aliphatic carbocycles. The number of anilines is 1. The number of carboxylic acid groups (broad SMARTS) is 1. The molecule has 0 radical (unpaired) electrons. The number of halogens is 1. The molecule has 1 aliphatic rings. The first-order valence-electron chi connectivity index (χ1n) is 6.75. The van der Waals surface area contributed by atoms with Gasteiger partial charge >= 0.3 is 0 Å². The van der Waals surface area contributed by atoms with Gasteiger partial charge in [0.25, 0.3) is 0 Å². The largest absolute Gasteiger partial charge is 0.544 e. The molecule has 0 bridgehead atoms. The van der Waals surface area contributed by atoms with Gasteiger partial charge in [-0.25, -0.2) is 0 Å². The number of carbonyl (C=O) groups is 2. The molecule has 2 N–H and O–H groups in total. The number of quaternary nitrogens is 1. The van der Waals surface area contributed by atoms with Gasteiger partial charge in [0.15, 0.2) is 0 Å². The number of hydrogen-bond donors (Lipinski definition) is 2. The minimum absolute atomic E-state index is 0.125. The van der Waals surface area contributed by atoms with Gasteiger partial charge in [-0.1, -0.05) is 11.6 Å². The summed E-state index contributed by atoms with van der Waals surface area (Å²) in [5.41, 5.74) is 0.582. The van der Waals surface area contributed by atoms with Crippen molar-refractivity contribution in [2.24, 2.45) is 0 Å². The van der Waals surface area contributed by atoms with Gasteiger partial charge in [0.1, 0.15) is 19.1 Å². The van der Waals surface area contributed by atoms with Crippen molar-refractivity contribution in [3.8, 4) is 0 Å². The van der Waals surface area contributed by atoms with Crippen LogP contribution in [0.5, 0.6) is 0 Å². The average Bonchev–Trinajstić information content (AvgIpc) is 2.48. The van der Waals surface area contributed by atoms with Crippen LogP contribution in [0.1, 0.15) is 6.42 Å². The lowest BCUT2D eigenvalue weighted by atomic mass is 10.1. The highest BCUT2D eigenvalue weighted by atomic mass is 35.5. The number of aliphatic carboxylic acids is 1. The number of rotatable bonds is 5. The topological polar surface area (TPSA) is 82.9 Å². The molecular weight excluding hydrogens is 296 g/mol. The van der Waals surface area contributed by atoms with Gasteiger partial charge < -0.3 is 24.9 Å². The lowest BCUT2D eigenvalue weighted by molar-refractivity contribution is -0.925. The standard InChI is InChI=1S/C14H17ClN2O4/c15-10-1-3-11(4-2-10)16-13(18)9-12(14(19)20)17-5-7-21-8-6-17/h1-4,12H,5-9H2,(H,16,18)(H,19,20)/t12-/m0/s1. The van der Waals surface area contributed by atoms with E-state index in [0.717, 1.165) is 4.90 Å². The molecule has 0 saturated carbocycles. The van der Waals surface area contributed by atoms with Gasteiger partial charge in [0.2, 0.25) is 5.91 Å². The van der Waals surface area contributed by atoms with E-state index in [4.69, 9.17) is 16.3 Å². The number of carboxylic acids is 1. The zero-order valence-electron chi connectivity index (χ0n) is 11.4. The molecule has 2 rings (SSSR count). The molecule has 0 aromatic heterocycles. The van der Waals surface area contributed by atoms with E-state index in [1.807, 2.05) is 0 Å². The number of benzene rings is 1. The summed E-state index contributed by atoms with van der Waals surface area (Å²) in [5, 5.41) is 14.5. The van der Waals surface area contributed by atoms with Gasteiger partial charge in [-0.3, -0.25) is 4.79 Å². The average molecular weight is 313 g/mol. The summed E-state index contributed by atoms with van der Waals surface area (Å²) in [6.45, 7) is 2.12. The lowest BCUT2D eigenvalue weighted by Crippen LogP contribution is -3.19. The molecule has 7 heteroatoms. The third-order valence-corrected chi connectivity index (χ3v) is 3.68. The molecule has 1 saturated heterocycles. The SMILES string of the molecule is O=C(C[C@@H](C(=O)[O-])[NH+]1CCOCC1)Nc1ccc(Cl)cc1. The van der Waals surface area contributed by atoms with E-state index in [0.29, 0.717) is 37.0 Å². The van der Waals surface area contributed by atoms with Crippen molar-refractivity contribution in [3.05, 3.63) is 29.3 Å². The Bertz CT molecular complexity index is 500. The molecule has 1 heterocycles. The van der Waals surface area contributed by atoms with E-state index >= 15 is 0 Å². The van der Waals surface area contributed by atoms with Crippen LogP contribution in [0.4, 0.5) is 5.69 Å². The van der Waals surface area contributed by atoms with Crippen molar-refractivity contribution in [2.75, 3.05) is 31.6 Å². The molecule has 114 valence electrons. The van der Waals surface area contributed by atoms with Crippen LogP contribution in [0.15, 0.2) is 24.3 Å². The molecule has 1 amide bonds. The third kappa shape index (κ3) is 4.70. The minimum atomic E-state index is -1.21. The first-order valence-corrected chi connectivity index (χ1v) is 7.12. The number of morpholine rings is 1. The highest BCUT2D eigenvalue weighted by Gasteiger charge is 2.28. The van der Waals surface area contributed by atoms with Crippen LogP contribution in [-0.4, -0.2) is 44.2 Å². The van der Waals surface area contributed by atoms with Gasteiger partial charge in [0.05, 0.1) is 25.6 Å². The van der Waals surface area contributed by atoms with Gasteiger partial charge in [-0.05, 0) is 24.3 Å². The summed E-state index contributed by atoms with van der Waals surface area (Å²) in [6.07, 6.45) is -0.125. The van der Waals surface area contributed by atoms with Gasteiger partial charge in [-0.15, -0.1) is 0 Å². The van der Waals surface area contributed by atoms with Crippen molar-refractivity contribution in [2.45, 2.75) is 12.5 Å². The normalized spacial score (nSPS) is 17.2. The maximum Gasteiger partial charge on any atom is 0.230 e. The fourth-order valence-electron chi connectivity index (χ4n) is 2.31. The number of hydrogen-bond acceptors (Lipinski definition) is 4. The molecular formula is C14H17ClN2O4. The Kier molecular flexibility index (Phi) is 5.55. The van der Waals surface area contributed by atoms with E-state index in [1.165, 1.54) is 0 Å². The van der Waals surface area contributed by atoms with E-state index < -0.39 is 12.0 Å². The fourth-order valence-corrected chi connectivity index (χ4v) is 2.43. The highest BCUT2D eigenvalue weighted by Crippen LogP contribution is 2.13. The van der Waals surface area contributed by atoms with E-state index in [1.54, 1.807) is 24.3 Å². The smallest absolute Gasteiger partial charge is 0.230 e. The van der Waals surface area contributed by atoms with Crippen LogP contribution in [0.2, 0.25) is 5.02 Å². The highest BCUT2D eigenvalue weighted by molar-refractivity contribution is 6.30. The van der Waals surface area contributed by atoms with Crippen LogP contribution in [0.3, 0.4) is 0 Å². The lowest BCUT2D eigenvalue weighted by Gasteiger charge is -2.31. The predicted molar refractivity (Wildman–Crippen MR) is 75.0 cm³/mol. The zero-order chi connectivity index (χ0) is 15.2. The van der Waals surface area contributed by atoms with Gasteiger partial charge in [-0.2, -0.15) is 0 Å². The minimum Gasteiger partial charge on any atom is -0.544 e. The summed E-state index contributed by atoms with van der Waals surface area (Å²) in [6, 6.07) is 5.77. The molecule has 1 fully saturated rings. The number of carbonyl (C=O) groups excluding carboxylic acids is 2. The molecule has 1 aliphatic heterocycles. The van der Waals surface area contributed by atoms with E-state index in [-0.39, 0.29) is 12.3 Å². The Morgan fingerprint density at radius 3 is 2.48 bits per heavy atom. The maximum atomic E-state index is 12.0. The quantitative estimate of drug-likeness (QED) is 0.708. The van der Waals surface area contributed by atoms with Crippen LogP contribution >= 0.6 is 11.6 Å². The molecule has 1 aromatic carbocycles. The van der Waals surface area contributed by atoms with Crippen molar-refractivity contribution in [3.63, 3.8) is 0 Å². The molecule has 0 unspecified atom stereocenters. The van der Waals surface area contributed by atoms with Crippen molar-refractivity contribution in [1.29, 1.82) is 0 Å². The summed E-state index contributed by atoms with van der Waals surface area (Å²) >= 11 is 5.76. The van der Waals surface area contributed by atoms with Crippen molar-refractivity contribution < 1.29 is 24.3 Å². The van der Waals surface area contributed by atoms with Crippen LogP contribution in [0.25, 0.3) is 0 Å². The second-order valence-corrected chi connectivity index (χ2v) is 5.34. The monoisotopic (exact) mass is 312 g/mol. The summed E-state index contributed by atoms with van der Waals surface area (Å²) in [4.78, 5) is 24.0. The molecule has 21 heavy (non-hydrogen) atoms. The molecule has 6 nitrogen and oxygen atoms in total. The Balaban J connectivity index is 1.94. The number of ether oxygens (including phenoxy) is 1. The second kappa shape index (κ2) is 7.40. The fraction of sp³-hybridized carbons (Fsp3) is 0.429. The van der Waals surface area contributed by atoms with E-state index in [9.17, 15) is 14.7 Å². The summed E-state index contributed by atoms with van der Waals surface area (Å²) in [7, 11) is 0. The predicted octanol–water partition coefficient (Wildman–Crippen LogP) is -1.30. The maximum absolute atomic E-state index is 12.0. The number of amides is 1. The molecule has 1 aromatic rings. The first kappa shape index (κ1) is 15.8. The second-order valence-electron chi connectivity index (χ2n) is 4.90.